The van der Waals surface area contributed by atoms with Crippen LogP contribution in [0.4, 0.5) is 10.1 Å². The minimum Gasteiger partial charge on any atom is -0.383 e. The molecule has 1 aromatic carbocycles. The summed E-state index contributed by atoms with van der Waals surface area (Å²) >= 11 is 0. The number of aliphatic hydroxyl groups excluding tert-OH is 1. The third-order valence-electron chi connectivity index (χ3n) is 6.93. The first-order valence-corrected chi connectivity index (χ1v) is 12.6. The highest BCUT2D eigenvalue weighted by Crippen LogP contribution is 2.23. The molecule has 200 valence electrons. The SMILES string of the molecule is COCC1CCCN1CCNC(O)c1ccc(F)c(NC(=O)c2cnc3cc(-c4cnn(C)c4)ccn23)c1. The van der Waals surface area contributed by atoms with Crippen molar-refractivity contribution >= 4 is 17.2 Å². The summed E-state index contributed by atoms with van der Waals surface area (Å²) in [5.74, 6) is -1.11. The van der Waals surface area contributed by atoms with Crippen LogP contribution in [0, 0.1) is 5.82 Å². The molecule has 5 rings (SSSR count). The van der Waals surface area contributed by atoms with Gasteiger partial charge in [-0.25, -0.2) is 9.37 Å². The molecule has 1 aliphatic rings. The average molecular weight is 522 g/mol. The predicted octanol–water partition coefficient (Wildman–Crippen LogP) is 2.82. The van der Waals surface area contributed by atoms with Crippen molar-refractivity contribution < 1.29 is 19.0 Å². The lowest BCUT2D eigenvalue weighted by atomic mass is 10.1. The second kappa shape index (κ2) is 11.4. The summed E-state index contributed by atoms with van der Waals surface area (Å²) in [4.78, 5) is 19.7. The van der Waals surface area contributed by atoms with Crippen LogP contribution in [0.2, 0.25) is 0 Å². The fourth-order valence-corrected chi connectivity index (χ4v) is 4.93. The quantitative estimate of drug-likeness (QED) is 0.276. The molecule has 2 unspecified atom stereocenters. The summed E-state index contributed by atoms with van der Waals surface area (Å²) in [6.07, 6.45) is 8.09. The van der Waals surface area contributed by atoms with Crippen molar-refractivity contribution in [2.24, 2.45) is 7.05 Å². The van der Waals surface area contributed by atoms with E-state index in [0.717, 1.165) is 37.1 Å². The molecule has 38 heavy (non-hydrogen) atoms. The molecule has 3 aromatic heterocycles. The number of nitrogens with one attached hydrogen (secondary N) is 2. The Morgan fingerprint density at radius 2 is 2.13 bits per heavy atom. The Hall–Kier alpha value is -3.64. The van der Waals surface area contributed by atoms with E-state index in [1.165, 1.54) is 24.4 Å². The van der Waals surface area contributed by atoms with E-state index < -0.39 is 18.0 Å². The summed E-state index contributed by atoms with van der Waals surface area (Å²) in [7, 11) is 3.55. The van der Waals surface area contributed by atoms with Crippen molar-refractivity contribution in [3.63, 3.8) is 0 Å². The number of hydrogen-bond donors (Lipinski definition) is 3. The number of fused-ring (bicyclic) bond motifs is 1. The monoisotopic (exact) mass is 521 g/mol. The van der Waals surface area contributed by atoms with E-state index in [1.807, 2.05) is 25.4 Å². The molecule has 1 aliphatic heterocycles. The lowest BCUT2D eigenvalue weighted by Gasteiger charge is -2.24. The molecule has 0 bridgehead atoms. The molecular weight excluding hydrogens is 489 g/mol. The maximum absolute atomic E-state index is 14.6. The number of carbonyl (C=O) groups excluding carboxylic acids is 1. The number of amides is 1. The lowest BCUT2D eigenvalue weighted by molar-refractivity contribution is 0.101. The van der Waals surface area contributed by atoms with Crippen molar-refractivity contribution in [1.82, 2.24) is 29.4 Å². The Bertz CT molecular complexity index is 1420. The van der Waals surface area contributed by atoms with Gasteiger partial charge in [0.1, 0.15) is 23.4 Å². The molecule has 11 heteroatoms. The fourth-order valence-electron chi connectivity index (χ4n) is 4.93. The lowest BCUT2D eigenvalue weighted by Crippen LogP contribution is -2.38. The normalized spacial score (nSPS) is 16.8. The van der Waals surface area contributed by atoms with Crippen LogP contribution >= 0.6 is 0 Å². The number of carbonyl (C=O) groups is 1. The highest BCUT2D eigenvalue weighted by atomic mass is 19.1. The Morgan fingerprint density at radius 3 is 2.92 bits per heavy atom. The number of methoxy groups -OCH3 is 1. The van der Waals surface area contributed by atoms with Gasteiger partial charge >= 0.3 is 0 Å². The molecular formula is C27H32FN7O3. The number of ether oxygens (including phenoxy) is 1. The zero-order valence-corrected chi connectivity index (χ0v) is 21.5. The van der Waals surface area contributed by atoms with Crippen LogP contribution in [0.1, 0.15) is 35.1 Å². The number of anilines is 1. The number of halogens is 1. The number of aliphatic hydroxyl groups is 1. The van der Waals surface area contributed by atoms with E-state index in [1.54, 1.807) is 28.6 Å². The molecule has 1 amide bonds. The van der Waals surface area contributed by atoms with Crippen LogP contribution in [0.25, 0.3) is 16.8 Å². The zero-order chi connectivity index (χ0) is 26.6. The number of aryl methyl sites for hydroxylation is 1. The summed E-state index contributed by atoms with van der Waals surface area (Å²) in [6.45, 7) is 3.03. The van der Waals surface area contributed by atoms with E-state index in [2.05, 4.69) is 25.6 Å². The van der Waals surface area contributed by atoms with Crippen LogP contribution in [-0.2, 0) is 11.8 Å². The Balaban J connectivity index is 1.24. The van der Waals surface area contributed by atoms with Crippen LogP contribution in [0.5, 0.6) is 0 Å². The van der Waals surface area contributed by atoms with Gasteiger partial charge in [-0.1, -0.05) is 6.07 Å². The van der Waals surface area contributed by atoms with Gasteiger partial charge in [0.2, 0.25) is 0 Å². The number of likely N-dealkylation sites (tertiary alicyclic amines) is 1. The average Bonchev–Trinajstić information content (AvgIpc) is 3.65. The van der Waals surface area contributed by atoms with E-state index in [9.17, 15) is 14.3 Å². The van der Waals surface area contributed by atoms with Gasteiger partial charge in [0.05, 0.1) is 24.7 Å². The summed E-state index contributed by atoms with van der Waals surface area (Å²) in [5.41, 5.74) is 3.13. The van der Waals surface area contributed by atoms with Gasteiger partial charge < -0.3 is 15.2 Å². The zero-order valence-electron chi connectivity index (χ0n) is 21.5. The summed E-state index contributed by atoms with van der Waals surface area (Å²) < 4.78 is 23.2. The highest BCUT2D eigenvalue weighted by Gasteiger charge is 2.24. The van der Waals surface area contributed by atoms with Crippen molar-refractivity contribution in [3.05, 3.63) is 72.2 Å². The number of pyridine rings is 1. The Labute approximate surface area is 220 Å². The van der Waals surface area contributed by atoms with Crippen molar-refractivity contribution in [1.29, 1.82) is 0 Å². The number of benzene rings is 1. The standard InChI is InChI=1S/C27H32FN7O3/c1-33-16-20(14-31-33)18-7-10-35-24(15-30-25(35)13-18)27(37)32-23-12-19(5-6-22(23)28)26(36)29-8-11-34-9-3-4-21(34)17-38-2/h5-7,10,12-16,21,26,29,36H,3-4,8-9,11,17H2,1-2H3,(H,32,37). The molecule has 1 fully saturated rings. The number of aromatic nitrogens is 4. The van der Waals surface area contributed by atoms with Crippen LogP contribution in [0.15, 0.2) is 55.1 Å². The first-order valence-electron chi connectivity index (χ1n) is 12.6. The first kappa shape index (κ1) is 26.0. The van der Waals surface area contributed by atoms with E-state index in [-0.39, 0.29) is 11.4 Å². The first-order chi connectivity index (χ1) is 18.4. The summed E-state index contributed by atoms with van der Waals surface area (Å²) in [5, 5.41) is 20.5. The van der Waals surface area contributed by atoms with Crippen LogP contribution in [-0.4, -0.2) is 74.5 Å². The third kappa shape index (κ3) is 5.60. The maximum Gasteiger partial charge on any atom is 0.274 e. The largest absolute Gasteiger partial charge is 0.383 e. The maximum atomic E-state index is 14.6. The molecule has 1 saturated heterocycles. The van der Waals surface area contributed by atoms with Crippen molar-refractivity contribution in [3.8, 4) is 11.1 Å². The Morgan fingerprint density at radius 1 is 1.26 bits per heavy atom. The number of rotatable bonds is 10. The molecule has 10 nitrogen and oxygen atoms in total. The smallest absolute Gasteiger partial charge is 0.274 e. The topological polar surface area (TPSA) is 109 Å². The van der Waals surface area contributed by atoms with Gasteiger partial charge in [-0.3, -0.25) is 24.1 Å². The second-order valence-electron chi connectivity index (χ2n) is 9.53. The van der Waals surface area contributed by atoms with Gasteiger partial charge in [-0.15, -0.1) is 0 Å². The van der Waals surface area contributed by atoms with Gasteiger partial charge in [-0.2, -0.15) is 5.10 Å². The molecule has 4 heterocycles. The number of hydrogen-bond acceptors (Lipinski definition) is 7. The number of imidazole rings is 1. The van der Waals surface area contributed by atoms with Gasteiger partial charge in [0.25, 0.3) is 5.91 Å². The summed E-state index contributed by atoms with van der Waals surface area (Å²) in [6, 6.07) is 8.30. The number of nitrogens with zero attached hydrogens (tertiary/aromatic N) is 5. The fraction of sp³-hybridized carbons (Fsp3) is 0.370. The molecule has 4 aromatic rings. The molecule has 0 saturated carbocycles. The van der Waals surface area contributed by atoms with Crippen molar-refractivity contribution in [2.45, 2.75) is 25.1 Å². The minimum absolute atomic E-state index is 0.0185. The van der Waals surface area contributed by atoms with E-state index in [4.69, 9.17) is 4.74 Å². The van der Waals surface area contributed by atoms with Crippen molar-refractivity contribution in [2.75, 3.05) is 38.7 Å². The van der Waals surface area contributed by atoms with Crippen LogP contribution < -0.4 is 10.6 Å². The van der Waals surface area contributed by atoms with Crippen LogP contribution in [0.3, 0.4) is 0 Å². The predicted molar refractivity (Wildman–Crippen MR) is 141 cm³/mol. The van der Waals surface area contributed by atoms with E-state index >= 15 is 0 Å². The van der Waals surface area contributed by atoms with Gasteiger partial charge in [0, 0.05) is 51.2 Å². The van der Waals surface area contributed by atoms with E-state index in [0.29, 0.717) is 30.4 Å². The highest BCUT2D eigenvalue weighted by molar-refractivity contribution is 6.03. The molecule has 0 aliphatic carbocycles. The molecule has 3 N–H and O–H groups in total. The molecule has 2 atom stereocenters. The molecule has 0 spiro atoms. The second-order valence-corrected chi connectivity index (χ2v) is 9.53. The van der Waals surface area contributed by atoms with Gasteiger partial charge in [0.15, 0.2) is 0 Å². The minimum atomic E-state index is -1.00. The van der Waals surface area contributed by atoms with Gasteiger partial charge in [-0.05, 0) is 54.8 Å². The Kier molecular flexibility index (Phi) is 7.79. The third-order valence-corrected chi connectivity index (χ3v) is 6.93. The molecule has 0 radical (unpaired) electrons.